The molecule has 152 valence electrons. The zero-order valence-electron chi connectivity index (χ0n) is 16.6. The molecule has 0 aliphatic heterocycles. The number of hydrogen-bond acceptors (Lipinski definition) is 4. The predicted octanol–water partition coefficient (Wildman–Crippen LogP) is 5.96. The fraction of sp³-hybridized carbons (Fsp3) is 0.125. The molecule has 0 unspecified atom stereocenters. The van der Waals surface area contributed by atoms with Crippen LogP contribution in [0.25, 0.3) is 22.6 Å². The first-order valence-corrected chi connectivity index (χ1v) is 11.7. The van der Waals surface area contributed by atoms with E-state index in [2.05, 4.69) is 0 Å². The van der Waals surface area contributed by atoms with E-state index in [1.54, 1.807) is 24.3 Å². The fourth-order valence-corrected chi connectivity index (χ4v) is 4.11. The van der Waals surface area contributed by atoms with Gasteiger partial charge in [0.05, 0.1) is 4.90 Å². The van der Waals surface area contributed by atoms with Crippen molar-refractivity contribution in [3.63, 3.8) is 0 Å². The van der Waals surface area contributed by atoms with Crippen LogP contribution in [0.1, 0.15) is 17.0 Å². The third kappa shape index (κ3) is 4.18. The second kappa shape index (κ2) is 8.09. The van der Waals surface area contributed by atoms with Crippen LogP contribution in [0.3, 0.4) is 0 Å². The smallest absolute Gasteiger partial charge is 0.199 e. The summed E-state index contributed by atoms with van der Waals surface area (Å²) >= 11 is 6.34. The van der Waals surface area contributed by atoms with Gasteiger partial charge in [-0.2, -0.15) is 0 Å². The van der Waals surface area contributed by atoms with Gasteiger partial charge >= 0.3 is 0 Å². The van der Waals surface area contributed by atoms with Gasteiger partial charge in [0.25, 0.3) is 0 Å². The standard InChI is InChI=1S/C24H20ClNO3S/c1-16-20(9-6-10-21(16)25)23-24(18-11-13-19(14-12-18)30(2,27)28)29-22(26-23)15-17-7-4-3-5-8-17/h3-14H,15H2,1-2H3. The van der Waals surface area contributed by atoms with Gasteiger partial charge in [-0.1, -0.05) is 54.1 Å². The summed E-state index contributed by atoms with van der Waals surface area (Å²) in [5.41, 5.74) is 4.32. The zero-order valence-corrected chi connectivity index (χ0v) is 18.2. The molecule has 0 saturated carbocycles. The van der Waals surface area contributed by atoms with Gasteiger partial charge in [-0.15, -0.1) is 0 Å². The first-order chi connectivity index (χ1) is 14.3. The average molecular weight is 438 g/mol. The summed E-state index contributed by atoms with van der Waals surface area (Å²) in [5, 5.41) is 0.651. The molecule has 0 atom stereocenters. The summed E-state index contributed by atoms with van der Waals surface area (Å²) in [5.74, 6) is 1.17. The summed E-state index contributed by atoms with van der Waals surface area (Å²) in [6.07, 6.45) is 1.74. The van der Waals surface area contributed by atoms with Crippen molar-refractivity contribution in [1.82, 2.24) is 4.98 Å². The maximum absolute atomic E-state index is 11.8. The molecular weight excluding hydrogens is 418 g/mol. The molecule has 1 heterocycles. The van der Waals surface area contributed by atoms with Crippen LogP contribution in [-0.2, 0) is 16.3 Å². The first kappa shape index (κ1) is 20.4. The lowest BCUT2D eigenvalue weighted by Crippen LogP contribution is -1.96. The molecule has 0 spiro atoms. The molecular formula is C24H20ClNO3S. The molecule has 0 amide bonds. The van der Waals surface area contributed by atoms with Gasteiger partial charge in [0.2, 0.25) is 0 Å². The first-order valence-electron chi connectivity index (χ1n) is 9.42. The van der Waals surface area contributed by atoms with E-state index in [9.17, 15) is 8.42 Å². The van der Waals surface area contributed by atoms with Crippen LogP contribution < -0.4 is 0 Å². The SMILES string of the molecule is Cc1c(Cl)cccc1-c1nc(Cc2ccccc2)oc1-c1ccc(S(C)(=O)=O)cc1. The maximum Gasteiger partial charge on any atom is 0.199 e. The van der Waals surface area contributed by atoms with E-state index in [-0.39, 0.29) is 4.90 Å². The highest BCUT2D eigenvalue weighted by Gasteiger charge is 2.20. The average Bonchev–Trinajstić information content (AvgIpc) is 3.14. The van der Waals surface area contributed by atoms with Crippen molar-refractivity contribution < 1.29 is 12.8 Å². The van der Waals surface area contributed by atoms with E-state index >= 15 is 0 Å². The minimum atomic E-state index is -3.28. The fourth-order valence-electron chi connectivity index (χ4n) is 3.31. The normalized spacial score (nSPS) is 11.6. The van der Waals surface area contributed by atoms with E-state index in [4.69, 9.17) is 21.0 Å². The van der Waals surface area contributed by atoms with E-state index in [0.29, 0.717) is 28.8 Å². The number of halogens is 1. The molecule has 0 saturated heterocycles. The Balaban J connectivity index is 1.84. The summed E-state index contributed by atoms with van der Waals surface area (Å²) < 4.78 is 29.8. The molecule has 6 heteroatoms. The summed E-state index contributed by atoms with van der Waals surface area (Å²) in [6, 6.07) is 22.3. The molecule has 0 fully saturated rings. The minimum Gasteiger partial charge on any atom is -0.440 e. The third-order valence-corrected chi connectivity index (χ3v) is 6.48. The molecule has 4 aromatic rings. The van der Waals surface area contributed by atoms with Gasteiger partial charge in [0.1, 0.15) is 5.69 Å². The van der Waals surface area contributed by atoms with Gasteiger partial charge in [-0.05, 0) is 48.4 Å². The number of benzene rings is 3. The highest BCUT2D eigenvalue weighted by atomic mass is 35.5. The van der Waals surface area contributed by atoms with Crippen molar-refractivity contribution in [2.45, 2.75) is 18.2 Å². The number of aromatic nitrogens is 1. The van der Waals surface area contributed by atoms with Crippen LogP contribution in [0.2, 0.25) is 5.02 Å². The Morgan fingerprint density at radius 1 is 0.933 bits per heavy atom. The Kier molecular flexibility index (Phi) is 5.50. The van der Waals surface area contributed by atoms with Crippen LogP contribution in [0.5, 0.6) is 0 Å². The van der Waals surface area contributed by atoms with Crippen LogP contribution in [-0.4, -0.2) is 19.7 Å². The van der Waals surface area contributed by atoms with Gasteiger partial charge in [0.15, 0.2) is 21.5 Å². The molecule has 4 rings (SSSR count). The highest BCUT2D eigenvalue weighted by Crippen LogP contribution is 2.37. The summed E-state index contributed by atoms with van der Waals surface area (Å²) in [4.78, 5) is 5.04. The van der Waals surface area contributed by atoms with E-state index in [1.165, 1.54) is 6.26 Å². The number of sulfone groups is 1. The Morgan fingerprint density at radius 2 is 1.63 bits per heavy atom. The molecule has 0 radical (unpaired) electrons. The van der Waals surface area contributed by atoms with Crippen molar-refractivity contribution in [3.8, 4) is 22.6 Å². The molecule has 0 aliphatic rings. The van der Waals surface area contributed by atoms with Crippen LogP contribution in [0, 0.1) is 6.92 Å². The molecule has 1 aromatic heterocycles. The molecule has 30 heavy (non-hydrogen) atoms. The number of nitrogens with zero attached hydrogens (tertiary/aromatic N) is 1. The van der Waals surface area contributed by atoms with Crippen molar-refractivity contribution in [2.75, 3.05) is 6.26 Å². The van der Waals surface area contributed by atoms with Crippen LogP contribution in [0.4, 0.5) is 0 Å². The van der Waals surface area contributed by atoms with Crippen molar-refractivity contribution >= 4 is 21.4 Å². The van der Waals surface area contributed by atoms with Gasteiger partial charge < -0.3 is 4.42 Å². The van der Waals surface area contributed by atoms with Crippen molar-refractivity contribution in [2.24, 2.45) is 0 Å². The topological polar surface area (TPSA) is 60.2 Å². The second-order valence-electron chi connectivity index (χ2n) is 7.16. The van der Waals surface area contributed by atoms with Crippen molar-refractivity contribution in [3.05, 3.63) is 94.8 Å². The van der Waals surface area contributed by atoms with Crippen LogP contribution in [0.15, 0.2) is 82.1 Å². The van der Waals surface area contributed by atoms with E-state index < -0.39 is 9.84 Å². The lowest BCUT2D eigenvalue weighted by atomic mass is 10.0. The Bertz CT molecular complexity index is 1290. The summed E-state index contributed by atoms with van der Waals surface area (Å²) in [6.45, 7) is 1.94. The predicted molar refractivity (Wildman–Crippen MR) is 119 cm³/mol. The van der Waals surface area contributed by atoms with Gasteiger partial charge in [-0.25, -0.2) is 13.4 Å². The molecule has 0 aliphatic carbocycles. The van der Waals surface area contributed by atoms with E-state index in [1.807, 2.05) is 55.5 Å². The monoisotopic (exact) mass is 437 g/mol. The largest absolute Gasteiger partial charge is 0.440 e. The third-order valence-electron chi connectivity index (χ3n) is 4.94. The number of hydrogen-bond donors (Lipinski definition) is 0. The van der Waals surface area contributed by atoms with Crippen LogP contribution >= 0.6 is 11.6 Å². The molecule has 3 aromatic carbocycles. The lowest BCUT2D eigenvalue weighted by molar-refractivity contribution is 0.519. The molecule has 0 N–H and O–H groups in total. The van der Waals surface area contributed by atoms with E-state index in [0.717, 1.165) is 22.3 Å². The van der Waals surface area contributed by atoms with Gasteiger partial charge in [0, 0.05) is 28.8 Å². The Labute approximate surface area is 181 Å². The maximum atomic E-state index is 11.8. The lowest BCUT2D eigenvalue weighted by Gasteiger charge is -2.07. The summed E-state index contributed by atoms with van der Waals surface area (Å²) in [7, 11) is -3.28. The second-order valence-corrected chi connectivity index (χ2v) is 9.58. The molecule has 4 nitrogen and oxygen atoms in total. The molecule has 0 bridgehead atoms. The Hall–Kier alpha value is -2.89. The van der Waals surface area contributed by atoms with Crippen molar-refractivity contribution in [1.29, 1.82) is 0 Å². The minimum absolute atomic E-state index is 0.260. The number of oxazole rings is 1. The zero-order chi connectivity index (χ0) is 21.3. The highest BCUT2D eigenvalue weighted by molar-refractivity contribution is 7.90. The number of rotatable bonds is 5. The van der Waals surface area contributed by atoms with Gasteiger partial charge in [-0.3, -0.25) is 0 Å². The Morgan fingerprint density at radius 3 is 2.30 bits per heavy atom. The quantitative estimate of drug-likeness (QED) is 0.386.